The monoisotopic (exact) mass is 379 g/mol. The van der Waals surface area contributed by atoms with E-state index in [0.29, 0.717) is 10.8 Å². The van der Waals surface area contributed by atoms with Crippen LogP contribution in [-0.2, 0) is 0 Å². The second-order valence-electron chi connectivity index (χ2n) is 10.8. The fourth-order valence-electron chi connectivity index (χ4n) is 5.79. The number of rotatable bonds is 15. The maximum absolute atomic E-state index is 2.59. The summed E-state index contributed by atoms with van der Waals surface area (Å²) in [5.74, 6) is 4.32. The van der Waals surface area contributed by atoms with Crippen molar-refractivity contribution in [3.05, 3.63) is 5.92 Å². The first-order chi connectivity index (χ1) is 12.6. The molecule has 0 saturated carbocycles. The summed E-state index contributed by atoms with van der Waals surface area (Å²) in [5, 5.41) is 0. The molecule has 0 fully saturated rings. The molecule has 0 aromatic carbocycles. The second-order valence-corrected chi connectivity index (χ2v) is 10.8. The molecule has 0 bridgehead atoms. The average molecular weight is 380 g/mol. The lowest BCUT2D eigenvalue weighted by molar-refractivity contribution is 0.0166. The van der Waals surface area contributed by atoms with Crippen molar-refractivity contribution in [1.29, 1.82) is 0 Å². The Balaban J connectivity index is 6.31. The molecule has 27 heavy (non-hydrogen) atoms. The Bertz CT molecular complexity index is 348. The van der Waals surface area contributed by atoms with E-state index in [4.69, 9.17) is 0 Å². The van der Waals surface area contributed by atoms with Gasteiger partial charge in [0.05, 0.1) is 0 Å². The lowest BCUT2D eigenvalue weighted by atomic mass is 9.48. The van der Waals surface area contributed by atoms with Crippen molar-refractivity contribution in [2.45, 2.75) is 140 Å². The molecule has 3 atom stereocenters. The van der Waals surface area contributed by atoms with Crippen LogP contribution in [0.2, 0.25) is 0 Å². The summed E-state index contributed by atoms with van der Waals surface area (Å²) in [5.41, 5.74) is 0.727. The number of hydrogen-bond acceptors (Lipinski definition) is 0. The molecule has 0 amide bonds. The molecule has 0 aromatic rings. The summed E-state index contributed by atoms with van der Waals surface area (Å²) >= 11 is 0. The van der Waals surface area contributed by atoms with Gasteiger partial charge in [-0.25, -0.2) is 0 Å². The van der Waals surface area contributed by atoms with E-state index < -0.39 is 0 Å². The van der Waals surface area contributed by atoms with Crippen LogP contribution in [0.15, 0.2) is 0 Å². The minimum absolute atomic E-state index is 0.310. The Hall–Kier alpha value is 0. The number of unbranched alkanes of at least 4 members (excludes halogenated alkanes) is 3. The Morgan fingerprint density at radius 2 is 1.33 bits per heavy atom. The van der Waals surface area contributed by atoms with Crippen LogP contribution in [0.1, 0.15) is 140 Å². The lowest BCUT2D eigenvalue weighted by Gasteiger charge is -2.56. The van der Waals surface area contributed by atoms with Gasteiger partial charge in [-0.15, -0.1) is 0 Å². The molecule has 0 nitrogen and oxygen atoms in total. The fraction of sp³-hybridized carbons (Fsp3) is 0.963. The molecule has 0 spiro atoms. The van der Waals surface area contributed by atoms with Gasteiger partial charge in [-0.05, 0) is 53.8 Å². The molecule has 0 rings (SSSR count). The highest BCUT2D eigenvalue weighted by Crippen LogP contribution is 2.60. The molecule has 0 aliphatic carbocycles. The van der Waals surface area contributed by atoms with Gasteiger partial charge in [-0.1, -0.05) is 121 Å². The van der Waals surface area contributed by atoms with Gasteiger partial charge in [0.2, 0.25) is 0 Å². The normalized spacial score (nSPS) is 17.3. The van der Waals surface area contributed by atoms with Crippen LogP contribution in [0, 0.1) is 34.5 Å². The minimum Gasteiger partial charge on any atom is -0.0654 e. The lowest BCUT2D eigenvalue weighted by Crippen LogP contribution is -2.48. The van der Waals surface area contributed by atoms with Gasteiger partial charge in [0, 0.05) is 0 Å². The van der Waals surface area contributed by atoms with Crippen LogP contribution in [0.25, 0.3) is 0 Å². The molecule has 1 radical (unpaired) electrons. The van der Waals surface area contributed by atoms with E-state index in [0.717, 1.165) is 17.8 Å². The van der Waals surface area contributed by atoms with Gasteiger partial charge in [-0.3, -0.25) is 0 Å². The first kappa shape index (κ1) is 27.0. The molecule has 0 heterocycles. The topological polar surface area (TPSA) is 0 Å². The highest BCUT2D eigenvalue weighted by atomic mass is 14.6. The van der Waals surface area contributed by atoms with Crippen LogP contribution in [-0.4, -0.2) is 0 Å². The summed E-state index contributed by atoms with van der Waals surface area (Å²) in [4.78, 5) is 0. The van der Waals surface area contributed by atoms with Crippen LogP contribution in [0.3, 0.4) is 0 Å². The largest absolute Gasteiger partial charge is 0.0654 e. The van der Waals surface area contributed by atoms with Gasteiger partial charge in [0.25, 0.3) is 0 Å². The first-order valence-corrected chi connectivity index (χ1v) is 12.5. The van der Waals surface area contributed by atoms with Gasteiger partial charge < -0.3 is 0 Å². The van der Waals surface area contributed by atoms with E-state index in [-0.39, 0.29) is 0 Å². The molecule has 0 aromatic heterocycles. The molecular formula is C27H55. The molecule has 163 valence electrons. The van der Waals surface area contributed by atoms with Crippen molar-refractivity contribution in [2.75, 3.05) is 0 Å². The summed E-state index contributed by atoms with van der Waals surface area (Å²) in [7, 11) is 0. The van der Waals surface area contributed by atoms with Crippen LogP contribution in [0.5, 0.6) is 0 Å². The average Bonchev–Trinajstić information content (AvgIpc) is 2.58. The van der Waals surface area contributed by atoms with Crippen molar-refractivity contribution < 1.29 is 0 Å². The highest BCUT2D eigenvalue weighted by molar-refractivity contribution is 5.17. The molecule has 0 N–H and O–H groups in total. The van der Waals surface area contributed by atoms with E-state index in [1.807, 2.05) is 5.92 Å². The smallest absolute Gasteiger partial charge is 0.0120 e. The molecule has 0 aliphatic rings. The highest BCUT2D eigenvalue weighted by Gasteiger charge is 2.51. The quantitative estimate of drug-likeness (QED) is 0.248. The van der Waals surface area contributed by atoms with Crippen molar-refractivity contribution >= 4 is 0 Å². The summed E-state index contributed by atoms with van der Waals surface area (Å²) in [6.07, 6.45) is 15.0. The second kappa shape index (κ2) is 13.3. The first-order valence-electron chi connectivity index (χ1n) is 12.5. The van der Waals surface area contributed by atoms with Gasteiger partial charge in [0.1, 0.15) is 0 Å². The van der Waals surface area contributed by atoms with E-state index in [1.165, 1.54) is 70.6 Å². The van der Waals surface area contributed by atoms with E-state index >= 15 is 0 Å². The molecule has 0 saturated heterocycles. The number of hydrogen-bond donors (Lipinski definition) is 0. The third kappa shape index (κ3) is 8.10. The fourth-order valence-corrected chi connectivity index (χ4v) is 5.79. The summed E-state index contributed by atoms with van der Waals surface area (Å²) < 4.78 is 0. The Labute approximate surface area is 174 Å². The van der Waals surface area contributed by atoms with Crippen LogP contribution < -0.4 is 0 Å². The zero-order valence-electron chi connectivity index (χ0n) is 21.0. The zero-order chi connectivity index (χ0) is 21.1. The standard InChI is InChI=1S/C27H55/c1-11-15-17-20-25(26(8,9)10)27(21-22(5)6,23(7)14-4)24(18-13-3)19-16-12-2/h22-24H,11-21H2,1-10H3. The van der Waals surface area contributed by atoms with Crippen molar-refractivity contribution in [1.82, 2.24) is 0 Å². The minimum atomic E-state index is 0.310. The SMILES string of the molecule is CCCCC[C](C(C)(C)C)C(CC(C)C)(C(C)CC)C(CCC)CCCC. The van der Waals surface area contributed by atoms with E-state index in [9.17, 15) is 0 Å². The van der Waals surface area contributed by atoms with Crippen molar-refractivity contribution in [3.63, 3.8) is 0 Å². The predicted octanol–water partition coefficient (Wildman–Crippen LogP) is 9.87. The maximum atomic E-state index is 2.59. The van der Waals surface area contributed by atoms with Crippen LogP contribution in [0.4, 0.5) is 0 Å². The molecule has 0 aliphatic heterocycles. The Kier molecular flexibility index (Phi) is 13.3. The zero-order valence-corrected chi connectivity index (χ0v) is 21.0. The van der Waals surface area contributed by atoms with Gasteiger partial charge >= 0.3 is 0 Å². The Morgan fingerprint density at radius 1 is 0.741 bits per heavy atom. The summed E-state index contributed by atoms with van der Waals surface area (Å²) in [6.45, 7) is 24.6. The van der Waals surface area contributed by atoms with E-state index in [2.05, 4.69) is 69.2 Å². The molecule has 0 heteroatoms. The third-order valence-corrected chi connectivity index (χ3v) is 7.01. The van der Waals surface area contributed by atoms with Gasteiger partial charge in [-0.2, -0.15) is 0 Å². The van der Waals surface area contributed by atoms with Crippen molar-refractivity contribution in [3.8, 4) is 0 Å². The van der Waals surface area contributed by atoms with E-state index in [1.54, 1.807) is 0 Å². The molecule has 3 unspecified atom stereocenters. The van der Waals surface area contributed by atoms with Gasteiger partial charge in [0.15, 0.2) is 0 Å². The third-order valence-electron chi connectivity index (χ3n) is 7.01. The van der Waals surface area contributed by atoms with Crippen LogP contribution >= 0.6 is 0 Å². The maximum Gasteiger partial charge on any atom is -0.0120 e. The predicted molar refractivity (Wildman–Crippen MR) is 126 cm³/mol. The summed E-state index contributed by atoms with van der Waals surface area (Å²) in [6, 6.07) is 0. The molecular weight excluding hydrogens is 324 g/mol. The Morgan fingerprint density at radius 3 is 1.74 bits per heavy atom. The van der Waals surface area contributed by atoms with Crippen molar-refractivity contribution in [2.24, 2.45) is 28.6 Å².